The number of alkyl carbamates (subject to hydrolysis) is 3. The van der Waals surface area contributed by atoms with Crippen molar-refractivity contribution in [1.82, 2.24) is 16.0 Å². The Bertz CT molecular complexity index is 836. The Morgan fingerprint density at radius 2 is 0.952 bits per heavy atom. The van der Waals surface area contributed by atoms with Crippen molar-refractivity contribution in [3.05, 3.63) is 6.58 Å². The Kier molecular flexibility index (Phi) is 27.1. The Morgan fingerprint density at radius 3 is 1.36 bits per heavy atom. The van der Waals surface area contributed by atoms with Gasteiger partial charge in [0.2, 0.25) is 12.2 Å². The number of aliphatic imine (C=N–C) groups is 3. The Hall–Kier alpha value is -3.98. The lowest BCUT2D eigenvalue weighted by atomic mass is 10.2. The number of carbonyl (C=O) groups excluding carboxylic acids is 5. The number of nitrogens with zero attached hydrogens (tertiary/aromatic N) is 3. The lowest BCUT2D eigenvalue weighted by Gasteiger charge is -2.18. The summed E-state index contributed by atoms with van der Waals surface area (Å²) in [5.41, 5.74) is 0. The molecular formula is C28H46N6O8. The minimum absolute atomic E-state index is 0.302. The van der Waals surface area contributed by atoms with E-state index in [1.165, 1.54) is 12.2 Å². The van der Waals surface area contributed by atoms with Crippen LogP contribution >= 0.6 is 0 Å². The summed E-state index contributed by atoms with van der Waals surface area (Å²) in [4.78, 5) is 67.4. The summed E-state index contributed by atoms with van der Waals surface area (Å²) in [5, 5.41) is 7.89. The van der Waals surface area contributed by atoms with E-state index in [4.69, 9.17) is 14.2 Å². The number of amides is 3. The quantitative estimate of drug-likeness (QED) is 0.0585. The summed E-state index contributed by atoms with van der Waals surface area (Å²) in [6, 6.07) is 0. The highest BCUT2D eigenvalue weighted by atomic mass is 16.6. The van der Waals surface area contributed by atoms with E-state index >= 15 is 0 Å². The standard InChI is InChI=1S/C28H46N6O8/c1-2-29-15-9-3-6-14-20-34-28(39)42-25(21-40-26(37)32-18-12-7-4-10-16-30-23-35)22-41-27(38)33-19-13-8-5-11-17-31-24-36/h25H,1,3-22H2,(H,32,37)(H,33,38)(H,34,39). The molecule has 0 aliphatic heterocycles. The van der Waals surface area contributed by atoms with Gasteiger partial charge < -0.3 is 30.2 Å². The van der Waals surface area contributed by atoms with Crippen LogP contribution in [0.1, 0.15) is 77.0 Å². The van der Waals surface area contributed by atoms with E-state index in [9.17, 15) is 24.0 Å². The van der Waals surface area contributed by atoms with Crippen LogP contribution in [0.3, 0.4) is 0 Å². The molecule has 0 aromatic rings. The summed E-state index contributed by atoms with van der Waals surface area (Å²) in [6.07, 6.45) is 9.88. The first kappa shape index (κ1) is 38.0. The average Bonchev–Trinajstić information content (AvgIpc) is 2.98. The van der Waals surface area contributed by atoms with Crippen LogP contribution < -0.4 is 16.0 Å². The second-order valence-electron chi connectivity index (χ2n) is 9.23. The van der Waals surface area contributed by atoms with Gasteiger partial charge in [0.15, 0.2) is 6.10 Å². The molecule has 0 atom stereocenters. The smallest absolute Gasteiger partial charge is 0.407 e. The van der Waals surface area contributed by atoms with E-state index in [1.54, 1.807) is 0 Å². The van der Waals surface area contributed by atoms with Crippen molar-refractivity contribution in [3.8, 4) is 0 Å². The third-order valence-electron chi connectivity index (χ3n) is 5.71. The van der Waals surface area contributed by atoms with E-state index in [0.717, 1.165) is 77.0 Å². The second-order valence-corrected chi connectivity index (χ2v) is 9.23. The monoisotopic (exact) mass is 594 g/mol. The number of nitrogens with one attached hydrogen (secondary N) is 3. The van der Waals surface area contributed by atoms with Crippen LogP contribution in [0.15, 0.2) is 21.6 Å². The van der Waals surface area contributed by atoms with Crippen molar-refractivity contribution in [3.63, 3.8) is 0 Å². The molecule has 0 heterocycles. The normalized spacial score (nSPS) is 10.6. The number of isocyanates is 2. The van der Waals surface area contributed by atoms with Crippen LogP contribution in [-0.2, 0) is 23.8 Å². The molecule has 0 radical (unpaired) electrons. The topological polar surface area (TPSA) is 186 Å². The lowest BCUT2D eigenvalue weighted by molar-refractivity contribution is 0.00737. The molecule has 0 fully saturated rings. The van der Waals surface area contributed by atoms with Crippen molar-refractivity contribution >= 4 is 36.3 Å². The van der Waals surface area contributed by atoms with Gasteiger partial charge in [0, 0.05) is 26.2 Å². The summed E-state index contributed by atoms with van der Waals surface area (Å²) < 4.78 is 15.7. The number of hydrogen-bond donors (Lipinski definition) is 3. The maximum absolute atomic E-state index is 12.3. The highest BCUT2D eigenvalue weighted by molar-refractivity contribution is 5.69. The molecule has 0 spiro atoms. The van der Waals surface area contributed by atoms with E-state index in [2.05, 4.69) is 43.4 Å². The molecule has 0 bridgehead atoms. The summed E-state index contributed by atoms with van der Waals surface area (Å²) in [6.45, 7) is 5.57. The highest BCUT2D eigenvalue weighted by Crippen LogP contribution is 2.03. The van der Waals surface area contributed by atoms with Gasteiger partial charge in [-0.05, 0) is 51.0 Å². The molecule has 0 aliphatic rings. The van der Waals surface area contributed by atoms with Crippen molar-refractivity contribution in [1.29, 1.82) is 0 Å². The first-order chi connectivity index (χ1) is 20.5. The van der Waals surface area contributed by atoms with E-state index in [-0.39, 0.29) is 13.2 Å². The van der Waals surface area contributed by atoms with Crippen LogP contribution in [0.4, 0.5) is 14.4 Å². The van der Waals surface area contributed by atoms with Gasteiger partial charge in [-0.3, -0.25) is 0 Å². The van der Waals surface area contributed by atoms with Gasteiger partial charge in [0.05, 0.1) is 13.1 Å². The highest BCUT2D eigenvalue weighted by Gasteiger charge is 2.19. The zero-order valence-corrected chi connectivity index (χ0v) is 24.5. The molecule has 0 unspecified atom stereocenters. The predicted molar refractivity (Wildman–Crippen MR) is 156 cm³/mol. The van der Waals surface area contributed by atoms with Crippen molar-refractivity contribution < 1.29 is 38.2 Å². The molecule has 0 aromatic heterocycles. The molecule has 3 N–H and O–H groups in total. The number of carbonyl (C=O) groups is 3. The number of unbranched alkanes of at least 4 members (excludes halogenated alkanes) is 9. The molecule has 0 saturated heterocycles. The molecule has 0 aromatic carbocycles. The SMILES string of the molecule is C=C=NCCCCCCNC(=O)OC(COC(=O)NCCCCCCN=C=O)COC(=O)NCCCCCCN=C=O. The summed E-state index contributed by atoms with van der Waals surface area (Å²) >= 11 is 0. The van der Waals surface area contributed by atoms with E-state index in [0.29, 0.717) is 39.3 Å². The molecule has 0 rings (SSSR count). The average molecular weight is 595 g/mol. The van der Waals surface area contributed by atoms with Gasteiger partial charge in [-0.1, -0.05) is 38.5 Å². The molecule has 3 amide bonds. The minimum Gasteiger partial charge on any atom is -0.445 e. The molecule has 236 valence electrons. The molecular weight excluding hydrogens is 548 g/mol. The van der Waals surface area contributed by atoms with Gasteiger partial charge >= 0.3 is 18.3 Å². The summed E-state index contributed by atoms with van der Waals surface area (Å²) in [7, 11) is 0. The Morgan fingerprint density at radius 1 is 0.571 bits per heavy atom. The minimum atomic E-state index is -1.00. The van der Waals surface area contributed by atoms with Crippen LogP contribution in [0.2, 0.25) is 0 Å². The fourth-order valence-corrected chi connectivity index (χ4v) is 3.50. The fraction of sp³-hybridized carbons (Fsp3) is 0.750. The molecule has 14 nitrogen and oxygen atoms in total. The molecule has 42 heavy (non-hydrogen) atoms. The lowest BCUT2D eigenvalue weighted by Crippen LogP contribution is -2.38. The summed E-state index contributed by atoms with van der Waals surface area (Å²) in [5.74, 6) is 2.49. The van der Waals surface area contributed by atoms with Crippen molar-refractivity contribution in [2.45, 2.75) is 83.2 Å². The first-order valence-electron chi connectivity index (χ1n) is 14.5. The van der Waals surface area contributed by atoms with Gasteiger partial charge in [-0.25, -0.2) is 38.9 Å². The maximum atomic E-state index is 12.3. The number of ether oxygens (including phenoxy) is 3. The third kappa shape index (κ3) is 27.6. The number of hydrogen-bond acceptors (Lipinski definition) is 11. The second kappa shape index (κ2) is 30.0. The van der Waals surface area contributed by atoms with Gasteiger partial charge in [0.1, 0.15) is 13.2 Å². The van der Waals surface area contributed by atoms with Crippen molar-refractivity contribution in [2.24, 2.45) is 15.0 Å². The molecule has 0 aliphatic carbocycles. The fourth-order valence-electron chi connectivity index (χ4n) is 3.50. The maximum Gasteiger partial charge on any atom is 0.407 e. The Labute approximate surface area is 247 Å². The molecule has 0 saturated carbocycles. The zero-order chi connectivity index (χ0) is 30.9. The zero-order valence-electron chi connectivity index (χ0n) is 24.5. The van der Waals surface area contributed by atoms with Gasteiger partial charge in [-0.2, -0.15) is 0 Å². The van der Waals surface area contributed by atoms with E-state index < -0.39 is 24.4 Å². The molecule has 14 heteroatoms. The van der Waals surface area contributed by atoms with Crippen molar-refractivity contribution in [2.75, 3.05) is 52.5 Å². The van der Waals surface area contributed by atoms with Crippen LogP contribution in [0.25, 0.3) is 0 Å². The largest absolute Gasteiger partial charge is 0.445 e. The van der Waals surface area contributed by atoms with Crippen LogP contribution in [0.5, 0.6) is 0 Å². The van der Waals surface area contributed by atoms with Gasteiger partial charge in [0.25, 0.3) is 0 Å². The van der Waals surface area contributed by atoms with Crippen LogP contribution in [0, 0.1) is 0 Å². The Balaban J connectivity index is 4.42. The van der Waals surface area contributed by atoms with E-state index in [1.807, 2.05) is 0 Å². The van der Waals surface area contributed by atoms with Crippen LogP contribution in [-0.4, -0.2) is 94.9 Å². The number of rotatable bonds is 26. The first-order valence-corrected chi connectivity index (χ1v) is 14.5. The predicted octanol–water partition coefficient (Wildman–Crippen LogP) is 3.74. The third-order valence-corrected chi connectivity index (χ3v) is 5.71. The van der Waals surface area contributed by atoms with Gasteiger partial charge in [-0.15, -0.1) is 0 Å².